The number of aromatic nitrogens is 1. The molecule has 2 heterocycles. The molecule has 0 saturated carbocycles. The summed E-state index contributed by atoms with van der Waals surface area (Å²) in [6.45, 7) is 6.78. The van der Waals surface area contributed by atoms with Crippen LogP contribution < -0.4 is 0 Å². The smallest absolute Gasteiger partial charge is 0.136 e. The lowest BCUT2D eigenvalue weighted by atomic mass is 10.1. The van der Waals surface area contributed by atoms with Gasteiger partial charge >= 0.3 is 0 Å². The highest BCUT2D eigenvalue weighted by Gasteiger charge is 2.22. The van der Waals surface area contributed by atoms with Gasteiger partial charge in [-0.15, -0.1) is 0 Å². The Labute approximate surface area is 140 Å². The Morgan fingerprint density at radius 2 is 1.38 bits per heavy atom. The lowest BCUT2D eigenvalue weighted by Crippen LogP contribution is -2.21. The number of para-hydroxylation sites is 2. The summed E-state index contributed by atoms with van der Waals surface area (Å²) in [7, 11) is 0. The van der Waals surface area contributed by atoms with Crippen LogP contribution in [0.25, 0.3) is 43.7 Å². The van der Waals surface area contributed by atoms with Crippen LogP contribution in [0.15, 0.2) is 65.1 Å². The fraction of sp³-hybridized carbons (Fsp3) is 0.182. The van der Waals surface area contributed by atoms with Crippen molar-refractivity contribution in [1.82, 2.24) is 4.57 Å². The molecule has 0 bridgehead atoms. The normalized spacial score (nSPS) is 12.8. The van der Waals surface area contributed by atoms with Crippen molar-refractivity contribution in [3.63, 3.8) is 0 Å². The molecule has 2 heteroatoms. The highest BCUT2D eigenvalue weighted by molar-refractivity contribution is 6.27. The van der Waals surface area contributed by atoms with E-state index in [1.54, 1.807) is 0 Å². The Balaban J connectivity index is 2.15. The van der Waals surface area contributed by atoms with Gasteiger partial charge in [0.05, 0.1) is 5.52 Å². The minimum atomic E-state index is 0.00850. The summed E-state index contributed by atoms with van der Waals surface area (Å²) in [5.74, 6) is 0. The second kappa shape index (κ2) is 4.41. The maximum Gasteiger partial charge on any atom is 0.136 e. The predicted octanol–water partition coefficient (Wildman–Crippen LogP) is 6.45. The molecule has 0 atom stereocenters. The van der Waals surface area contributed by atoms with Crippen molar-refractivity contribution in [2.24, 2.45) is 0 Å². The Hall–Kier alpha value is -2.74. The van der Waals surface area contributed by atoms with E-state index in [0.717, 1.165) is 11.2 Å². The van der Waals surface area contributed by atoms with E-state index in [0.29, 0.717) is 0 Å². The molecule has 3 aromatic carbocycles. The topological polar surface area (TPSA) is 18.1 Å². The van der Waals surface area contributed by atoms with Crippen molar-refractivity contribution in [3.05, 3.63) is 60.7 Å². The molecule has 24 heavy (non-hydrogen) atoms. The number of fused-ring (bicyclic) bond motifs is 7. The third-order valence-electron chi connectivity index (χ3n) is 4.85. The van der Waals surface area contributed by atoms with Crippen molar-refractivity contribution >= 4 is 43.7 Å². The quantitative estimate of drug-likeness (QED) is 0.321. The second-order valence-corrected chi connectivity index (χ2v) is 7.45. The zero-order valence-corrected chi connectivity index (χ0v) is 14.1. The molecule has 0 unspecified atom stereocenters. The van der Waals surface area contributed by atoms with Gasteiger partial charge < -0.3 is 8.98 Å². The van der Waals surface area contributed by atoms with E-state index in [1.165, 1.54) is 32.6 Å². The summed E-state index contributed by atoms with van der Waals surface area (Å²) >= 11 is 0. The van der Waals surface area contributed by atoms with E-state index in [1.807, 2.05) is 12.1 Å². The highest BCUT2D eigenvalue weighted by atomic mass is 16.3. The van der Waals surface area contributed by atoms with E-state index in [4.69, 9.17) is 4.42 Å². The second-order valence-electron chi connectivity index (χ2n) is 7.45. The van der Waals surface area contributed by atoms with Crippen LogP contribution in [0.4, 0.5) is 0 Å². The maximum absolute atomic E-state index is 6.10. The number of rotatable bonds is 0. The van der Waals surface area contributed by atoms with Crippen molar-refractivity contribution in [2.45, 2.75) is 26.3 Å². The summed E-state index contributed by atoms with van der Waals surface area (Å²) < 4.78 is 8.54. The van der Waals surface area contributed by atoms with Gasteiger partial charge in [0.1, 0.15) is 11.2 Å². The van der Waals surface area contributed by atoms with E-state index in [9.17, 15) is 0 Å². The number of nitrogens with zero attached hydrogens (tertiary/aromatic N) is 1. The maximum atomic E-state index is 6.10. The third-order valence-corrected chi connectivity index (χ3v) is 4.85. The van der Waals surface area contributed by atoms with Crippen LogP contribution in [0.3, 0.4) is 0 Å². The zero-order chi connectivity index (χ0) is 16.5. The first-order valence-corrected chi connectivity index (χ1v) is 8.39. The van der Waals surface area contributed by atoms with Crippen LogP contribution in [-0.4, -0.2) is 4.57 Å². The summed E-state index contributed by atoms with van der Waals surface area (Å²) in [6.07, 6.45) is 0. The minimum absolute atomic E-state index is 0.00850. The van der Waals surface area contributed by atoms with Crippen molar-refractivity contribution in [1.29, 1.82) is 0 Å². The largest absolute Gasteiger partial charge is 0.456 e. The first kappa shape index (κ1) is 13.7. The molecule has 0 saturated heterocycles. The number of furan rings is 1. The molecular weight excluding hydrogens is 294 g/mol. The molecule has 0 N–H and O–H groups in total. The molecule has 0 radical (unpaired) electrons. The molecule has 0 spiro atoms. The zero-order valence-electron chi connectivity index (χ0n) is 14.1. The van der Waals surface area contributed by atoms with Crippen molar-refractivity contribution in [2.75, 3.05) is 0 Å². The SMILES string of the molecule is CC(C)(C)n1c2ccccc2c2c3c(ccc21)oc1ccccc13. The molecule has 0 aliphatic carbocycles. The monoisotopic (exact) mass is 313 g/mol. The molecule has 0 aliphatic heterocycles. The van der Waals surface area contributed by atoms with Gasteiger partial charge in [0, 0.05) is 32.6 Å². The molecule has 2 aromatic heterocycles. The number of hydrogen-bond donors (Lipinski definition) is 0. The van der Waals surface area contributed by atoms with Crippen LogP contribution in [0.1, 0.15) is 20.8 Å². The fourth-order valence-corrected chi connectivity index (χ4v) is 4.00. The summed E-state index contributed by atoms with van der Waals surface area (Å²) in [5, 5.41) is 5.00. The van der Waals surface area contributed by atoms with Crippen molar-refractivity contribution in [3.8, 4) is 0 Å². The molecule has 0 amide bonds. The Morgan fingerprint density at radius 3 is 2.17 bits per heavy atom. The average molecular weight is 313 g/mol. The first-order valence-electron chi connectivity index (χ1n) is 8.39. The molecule has 5 rings (SSSR count). The van der Waals surface area contributed by atoms with Crippen LogP contribution in [-0.2, 0) is 5.54 Å². The molecule has 0 aliphatic rings. The molecule has 118 valence electrons. The standard InChI is InChI=1S/C22H19NO/c1-22(2,3)23-16-10-6-4-8-14(16)20-17(23)12-13-19-21(20)15-9-5-7-11-18(15)24-19/h4-13H,1-3H3. The predicted molar refractivity (Wildman–Crippen MR) is 102 cm³/mol. The lowest BCUT2D eigenvalue weighted by molar-refractivity contribution is 0.423. The molecule has 5 aromatic rings. The first-order chi connectivity index (χ1) is 11.6. The van der Waals surface area contributed by atoms with Gasteiger partial charge in [-0.2, -0.15) is 0 Å². The van der Waals surface area contributed by atoms with E-state index >= 15 is 0 Å². The van der Waals surface area contributed by atoms with Crippen LogP contribution >= 0.6 is 0 Å². The van der Waals surface area contributed by atoms with E-state index in [-0.39, 0.29) is 5.54 Å². The van der Waals surface area contributed by atoms with Gasteiger partial charge in [-0.25, -0.2) is 0 Å². The van der Waals surface area contributed by atoms with Crippen molar-refractivity contribution < 1.29 is 4.42 Å². The summed E-state index contributed by atoms with van der Waals surface area (Å²) in [6, 6.07) is 21.3. The molecular formula is C22H19NO. The average Bonchev–Trinajstić information content (AvgIpc) is 3.09. The van der Waals surface area contributed by atoms with Gasteiger partial charge in [0.25, 0.3) is 0 Å². The molecule has 2 nitrogen and oxygen atoms in total. The Bertz CT molecular complexity index is 1230. The van der Waals surface area contributed by atoms with Gasteiger partial charge in [0.15, 0.2) is 0 Å². The Morgan fingerprint density at radius 1 is 0.667 bits per heavy atom. The van der Waals surface area contributed by atoms with Gasteiger partial charge in [-0.05, 0) is 45.0 Å². The van der Waals surface area contributed by atoms with Crippen LogP contribution in [0.2, 0.25) is 0 Å². The Kier molecular flexibility index (Phi) is 2.52. The van der Waals surface area contributed by atoms with Crippen LogP contribution in [0.5, 0.6) is 0 Å². The van der Waals surface area contributed by atoms with Gasteiger partial charge in [0.2, 0.25) is 0 Å². The highest BCUT2D eigenvalue weighted by Crippen LogP contribution is 2.41. The number of benzene rings is 3. The fourth-order valence-electron chi connectivity index (χ4n) is 4.00. The van der Waals surface area contributed by atoms with Gasteiger partial charge in [-0.1, -0.05) is 36.4 Å². The third kappa shape index (κ3) is 1.66. The van der Waals surface area contributed by atoms with E-state index in [2.05, 4.69) is 73.9 Å². The van der Waals surface area contributed by atoms with Gasteiger partial charge in [-0.3, -0.25) is 0 Å². The molecule has 0 fully saturated rings. The summed E-state index contributed by atoms with van der Waals surface area (Å²) in [4.78, 5) is 0. The summed E-state index contributed by atoms with van der Waals surface area (Å²) in [5.41, 5.74) is 4.46. The minimum Gasteiger partial charge on any atom is -0.456 e. The van der Waals surface area contributed by atoms with E-state index < -0.39 is 0 Å². The lowest BCUT2D eigenvalue weighted by Gasteiger charge is -2.24. The van der Waals surface area contributed by atoms with Crippen LogP contribution in [0, 0.1) is 0 Å². The number of hydrogen-bond acceptors (Lipinski definition) is 1.